The van der Waals surface area contributed by atoms with Crippen LogP contribution in [0.15, 0.2) is 53.6 Å². The number of allylic oxidation sites excluding steroid dienone is 2. The summed E-state index contributed by atoms with van der Waals surface area (Å²) in [6.07, 6.45) is 10.5. The van der Waals surface area contributed by atoms with E-state index in [0.29, 0.717) is 18.1 Å². The second-order valence-electron chi connectivity index (χ2n) is 3.84. The van der Waals surface area contributed by atoms with Crippen molar-refractivity contribution in [1.82, 2.24) is 9.91 Å². The number of hydrazone groups is 1. The first-order valence-electron chi connectivity index (χ1n) is 5.46. The number of fused-ring (bicyclic) bond motifs is 2. The maximum absolute atomic E-state index is 11.1. The molecule has 3 heterocycles. The highest BCUT2D eigenvalue weighted by Crippen LogP contribution is 2.27. The molecular formula is C12H11N3O3. The summed E-state index contributed by atoms with van der Waals surface area (Å²) in [4.78, 5) is 12.9. The summed E-state index contributed by atoms with van der Waals surface area (Å²) < 4.78 is 10.3. The minimum Gasteiger partial charge on any atom is -0.492 e. The van der Waals surface area contributed by atoms with Crippen LogP contribution < -0.4 is 0 Å². The normalized spacial score (nSPS) is 20.2. The smallest absolute Gasteiger partial charge is 0.308 e. The van der Waals surface area contributed by atoms with E-state index in [4.69, 9.17) is 9.47 Å². The lowest BCUT2D eigenvalue weighted by Gasteiger charge is -2.32. The molecule has 0 fully saturated rings. The van der Waals surface area contributed by atoms with Gasteiger partial charge in [0.2, 0.25) is 0 Å². The second-order valence-corrected chi connectivity index (χ2v) is 3.84. The van der Waals surface area contributed by atoms with Crippen LogP contribution in [0.5, 0.6) is 0 Å². The first kappa shape index (κ1) is 10.6. The van der Waals surface area contributed by atoms with Gasteiger partial charge in [0.15, 0.2) is 11.6 Å². The lowest BCUT2D eigenvalue weighted by molar-refractivity contribution is -0.136. The number of rotatable bonds is 1. The Labute approximate surface area is 104 Å². The molecule has 0 spiro atoms. The van der Waals surface area contributed by atoms with E-state index in [-0.39, 0.29) is 5.97 Å². The zero-order chi connectivity index (χ0) is 12.5. The fourth-order valence-electron chi connectivity index (χ4n) is 1.79. The minimum atomic E-state index is -0.357. The van der Waals surface area contributed by atoms with Crippen molar-refractivity contribution in [3.8, 4) is 0 Å². The fourth-order valence-corrected chi connectivity index (χ4v) is 1.79. The molecule has 0 atom stereocenters. The van der Waals surface area contributed by atoms with Crippen LogP contribution >= 0.6 is 0 Å². The van der Waals surface area contributed by atoms with Crippen molar-refractivity contribution in [3.05, 3.63) is 48.5 Å². The van der Waals surface area contributed by atoms with Gasteiger partial charge < -0.3 is 14.4 Å². The molecule has 0 N–H and O–H groups in total. The molecule has 0 bridgehead atoms. The third-order valence-corrected chi connectivity index (χ3v) is 2.54. The largest absolute Gasteiger partial charge is 0.492 e. The molecular weight excluding hydrogens is 234 g/mol. The van der Waals surface area contributed by atoms with Crippen LogP contribution in [0.3, 0.4) is 0 Å². The Balaban J connectivity index is 1.94. The number of carbonyl (C=O) groups is 1. The molecule has 92 valence electrons. The number of nitrogens with zero attached hydrogens (tertiary/aromatic N) is 3. The Morgan fingerprint density at radius 3 is 3.22 bits per heavy atom. The van der Waals surface area contributed by atoms with Gasteiger partial charge in [-0.3, -0.25) is 4.79 Å². The van der Waals surface area contributed by atoms with Crippen molar-refractivity contribution >= 4 is 11.8 Å². The van der Waals surface area contributed by atoms with Crippen molar-refractivity contribution in [1.29, 1.82) is 0 Å². The fraction of sp³-hybridized carbons (Fsp3) is 0.167. The summed E-state index contributed by atoms with van der Waals surface area (Å²) in [6, 6.07) is 0. The van der Waals surface area contributed by atoms with E-state index in [0.717, 1.165) is 5.84 Å². The van der Waals surface area contributed by atoms with Gasteiger partial charge in [0.25, 0.3) is 0 Å². The van der Waals surface area contributed by atoms with Gasteiger partial charge in [-0.2, -0.15) is 5.10 Å². The summed E-state index contributed by atoms with van der Waals surface area (Å²) in [7, 11) is 0. The van der Waals surface area contributed by atoms with E-state index in [1.165, 1.54) is 6.92 Å². The highest BCUT2D eigenvalue weighted by molar-refractivity contribution is 5.87. The highest BCUT2D eigenvalue weighted by Gasteiger charge is 2.26. The zero-order valence-corrected chi connectivity index (χ0v) is 9.74. The molecule has 0 saturated heterocycles. The van der Waals surface area contributed by atoms with Crippen molar-refractivity contribution in [2.45, 2.75) is 6.92 Å². The Morgan fingerprint density at radius 2 is 2.39 bits per heavy atom. The number of hydrogen-bond donors (Lipinski definition) is 0. The lowest BCUT2D eigenvalue weighted by atomic mass is 10.2. The van der Waals surface area contributed by atoms with Crippen LogP contribution in [0.2, 0.25) is 0 Å². The molecule has 0 aromatic heterocycles. The second kappa shape index (κ2) is 4.06. The van der Waals surface area contributed by atoms with Crippen molar-refractivity contribution in [3.63, 3.8) is 0 Å². The van der Waals surface area contributed by atoms with E-state index in [1.807, 2.05) is 11.1 Å². The Kier molecular flexibility index (Phi) is 2.40. The van der Waals surface area contributed by atoms with E-state index in [1.54, 1.807) is 35.8 Å². The monoisotopic (exact) mass is 245 g/mol. The van der Waals surface area contributed by atoms with E-state index in [9.17, 15) is 4.79 Å². The molecule has 6 nitrogen and oxygen atoms in total. The Bertz CT molecular complexity index is 543. The average Bonchev–Trinajstić information content (AvgIpc) is 2.36. The molecule has 0 saturated carbocycles. The van der Waals surface area contributed by atoms with Crippen LogP contribution in [-0.4, -0.2) is 28.3 Å². The molecule has 0 aliphatic carbocycles. The lowest BCUT2D eigenvalue weighted by Crippen LogP contribution is -2.36. The molecule has 0 aromatic carbocycles. The SMILES string of the molecule is CC(=O)OC1=CC=CN2N=C3COC=CN3C=C12. The molecule has 18 heavy (non-hydrogen) atoms. The van der Waals surface area contributed by atoms with Gasteiger partial charge in [0.05, 0.1) is 0 Å². The third-order valence-electron chi connectivity index (χ3n) is 2.54. The van der Waals surface area contributed by atoms with E-state index < -0.39 is 0 Å². The van der Waals surface area contributed by atoms with Crippen LogP contribution in [0.1, 0.15) is 6.92 Å². The summed E-state index contributed by atoms with van der Waals surface area (Å²) >= 11 is 0. The Morgan fingerprint density at radius 1 is 1.50 bits per heavy atom. The molecule has 3 aliphatic rings. The first-order valence-corrected chi connectivity index (χ1v) is 5.46. The molecule has 0 aromatic rings. The van der Waals surface area contributed by atoms with Gasteiger partial charge in [0.1, 0.15) is 18.6 Å². The number of amidine groups is 1. The predicted molar refractivity (Wildman–Crippen MR) is 63.3 cm³/mol. The molecule has 0 amide bonds. The topological polar surface area (TPSA) is 54.4 Å². The van der Waals surface area contributed by atoms with Crippen LogP contribution in [0.4, 0.5) is 0 Å². The van der Waals surface area contributed by atoms with Crippen molar-refractivity contribution in [2.75, 3.05) is 6.61 Å². The van der Waals surface area contributed by atoms with Crippen LogP contribution in [0, 0.1) is 0 Å². The van der Waals surface area contributed by atoms with E-state index >= 15 is 0 Å². The van der Waals surface area contributed by atoms with Crippen molar-refractivity contribution in [2.24, 2.45) is 5.10 Å². The number of ether oxygens (including phenoxy) is 2. The standard InChI is InChI=1S/C12H11N3O3/c1-9(16)18-11-3-2-4-15-10(11)7-14-5-6-17-8-12(14)13-15/h2-7H,8H2,1H3. The highest BCUT2D eigenvalue weighted by atomic mass is 16.5. The van der Waals surface area contributed by atoms with Gasteiger partial charge in [-0.1, -0.05) is 0 Å². The van der Waals surface area contributed by atoms with Crippen molar-refractivity contribution < 1.29 is 14.3 Å². The molecule has 0 unspecified atom stereocenters. The number of esters is 1. The Hall–Kier alpha value is -2.50. The average molecular weight is 245 g/mol. The van der Waals surface area contributed by atoms with Gasteiger partial charge in [-0.25, -0.2) is 5.01 Å². The van der Waals surface area contributed by atoms with Crippen LogP contribution in [-0.2, 0) is 14.3 Å². The summed E-state index contributed by atoms with van der Waals surface area (Å²) in [5.74, 6) is 0.896. The van der Waals surface area contributed by atoms with Gasteiger partial charge in [-0.05, 0) is 12.2 Å². The molecule has 0 radical (unpaired) electrons. The maximum Gasteiger partial charge on any atom is 0.308 e. The number of carbonyl (C=O) groups excluding carboxylic acids is 1. The maximum atomic E-state index is 11.1. The quantitative estimate of drug-likeness (QED) is 0.650. The zero-order valence-electron chi connectivity index (χ0n) is 9.74. The summed E-state index contributed by atoms with van der Waals surface area (Å²) in [5.41, 5.74) is 0.711. The van der Waals surface area contributed by atoms with Gasteiger partial charge >= 0.3 is 5.97 Å². The summed E-state index contributed by atoms with van der Waals surface area (Å²) in [6.45, 7) is 1.79. The van der Waals surface area contributed by atoms with Gasteiger partial charge in [-0.15, -0.1) is 0 Å². The molecule has 3 rings (SSSR count). The minimum absolute atomic E-state index is 0.357. The van der Waals surface area contributed by atoms with Crippen LogP contribution in [0.25, 0.3) is 0 Å². The predicted octanol–water partition coefficient (Wildman–Crippen LogP) is 1.23. The third kappa shape index (κ3) is 1.77. The molecule has 3 aliphatic heterocycles. The number of hydrogen-bond acceptors (Lipinski definition) is 6. The molecule has 6 heteroatoms. The van der Waals surface area contributed by atoms with Gasteiger partial charge in [0, 0.05) is 25.5 Å². The summed E-state index contributed by atoms with van der Waals surface area (Å²) in [5, 5.41) is 6.06. The van der Waals surface area contributed by atoms with E-state index in [2.05, 4.69) is 5.10 Å². The first-order chi connectivity index (χ1) is 8.74.